The van der Waals surface area contributed by atoms with Gasteiger partial charge in [-0.2, -0.15) is 0 Å². The fraction of sp³-hybridized carbons (Fsp3) is 0.367. The number of phenolic OH excluding ortho intramolecular Hbond substituents is 1. The highest BCUT2D eigenvalue weighted by Gasteiger charge is 2.51. The van der Waals surface area contributed by atoms with Crippen LogP contribution in [0.3, 0.4) is 0 Å². The molecule has 10 heteroatoms. The number of esters is 3. The zero-order chi connectivity index (χ0) is 29.4. The van der Waals surface area contributed by atoms with E-state index in [1.165, 1.54) is 6.92 Å². The van der Waals surface area contributed by atoms with Gasteiger partial charge in [0.05, 0.1) is 0 Å². The van der Waals surface area contributed by atoms with E-state index in [2.05, 4.69) is 13.2 Å². The fourth-order valence-corrected chi connectivity index (χ4v) is 4.39. The number of aliphatic hydroxyl groups is 1. The Kier molecular flexibility index (Phi) is 10.5. The number of carbonyl (C=O) groups is 3. The monoisotopic (exact) mass is 554 g/mol. The molecule has 5 atom stereocenters. The number of allylic oxidation sites excluding steroid dienone is 2. The molecule has 2 aromatic carbocycles. The molecule has 1 saturated heterocycles. The van der Waals surface area contributed by atoms with Crippen LogP contribution in [0.1, 0.15) is 31.9 Å². The van der Waals surface area contributed by atoms with Crippen LogP contribution >= 0.6 is 0 Å². The molecule has 1 heterocycles. The first-order valence-electron chi connectivity index (χ1n) is 12.7. The van der Waals surface area contributed by atoms with Gasteiger partial charge in [-0.1, -0.05) is 24.3 Å². The van der Waals surface area contributed by atoms with Crippen molar-refractivity contribution in [3.8, 4) is 22.6 Å². The molecule has 214 valence electrons. The average molecular weight is 555 g/mol. The summed E-state index contributed by atoms with van der Waals surface area (Å²) in [7, 11) is 0. The number of carbonyl (C=O) groups excluding carboxylic acids is 3. The summed E-state index contributed by atoms with van der Waals surface area (Å²) in [4.78, 5) is 35.2. The van der Waals surface area contributed by atoms with Crippen molar-refractivity contribution in [3.05, 3.63) is 72.8 Å². The Hall–Kier alpha value is -4.15. The lowest BCUT2D eigenvalue weighted by Gasteiger charge is -2.42. The number of ether oxygens (including phenoxy) is 5. The number of phenols is 1. The first kappa shape index (κ1) is 30.4. The molecule has 1 fully saturated rings. The van der Waals surface area contributed by atoms with E-state index in [0.29, 0.717) is 24.0 Å². The number of rotatable bonds is 11. The van der Waals surface area contributed by atoms with E-state index in [0.717, 1.165) is 25.0 Å². The van der Waals surface area contributed by atoms with Gasteiger partial charge in [-0.05, 0) is 48.2 Å². The summed E-state index contributed by atoms with van der Waals surface area (Å²) in [6.07, 6.45) is -2.28. The number of hydrogen-bond donors (Lipinski definition) is 2. The second kappa shape index (κ2) is 13.8. The van der Waals surface area contributed by atoms with E-state index in [4.69, 9.17) is 23.7 Å². The van der Waals surface area contributed by atoms with Gasteiger partial charge in [0.1, 0.15) is 24.2 Å². The van der Waals surface area contributed by atoms with Crippen molar-refractivity contribution in [3.63, 3.8) is 0 Å². The Morgan fingerprint density at radius 2 is 1.45 bits per heavy atom. The maximum atomic E-state index is 11.9. The minimum absolute atomic E-state index is 0.000951. The van der Waals surface area contributed by atoms with Crippen LogP contribution < -0.4 is 4.74 Å². The van der Waals surface area contributed by atoms with Gasteiger partial charge in [0.15, 0.2) is 18.3 Å². The van der Waals surface area contributed by atoms with Crippen molar-refractivity contribution in [2.45, 2.75) is 64.3 Å². The summed E-state index contributed by atoms with van der Waals surface area (Å²) in [6, 6.07) is 10.4. The molecule has 3 rings (SSSR count). The maximum Gasteiger partial charge on any atom is 0.303 e. The van der Waals surface area contributed by atoms with Gasteiger partial charge in [-0.3, -0.25) is 14.4 Å². The molecule has 0 bridgehead atoms. The average Bonchev–Trinajstić information content (AvgIpc) is 2.88. The Labute approximate surface area is 232 Å². The van der Waals surface area contributed by atoms with Crippen LogP contribution in [0, 0.1) is 0 Å². The van der Waals surface area contributed by atoms with E-state index < -0.39 is 48.6 Å². The third-order valence-electron chi connectivity index (χ3n) is 6.07. The Morgan fingerprint density at radius 3 is 2.02 bits per heavy atom. The van der Waals surface area contributed by atoms with Crippen LogP contribution in [-0.2, 0) is 46.2 Å². The van der Waals surface area contributed by atoms with Gasteiger partial charge in [-0.15, -0.1) is 13.2 Å². The summed E-state index contributed by atoms with van der Waals surface area (Å²) in [5, 5.41) is 21.9. The van der Waals surface area contributed by atoms with Crippen LogP contribution in [0.4, 0.5) is 0 Å². The van der Waals surface area contributed by atoms with Crippen LogP contribution in [0.5, 0.6) is 11.5 Å². The van der Waals surface area contributed by atoms with Crippen LogP contribution in [0.25, 0.3) is 11.1 Å². The summed E-state index contributed by atoms with van der Waals surface area (Å²) < 4.78 is 27.8. The standard InChI is InChI=1S/C30H34O10/c1-6-8-20-10-12-24(34)22(14-20)23-15-21(9-7-2)11-13-25(23)39-30-27(35)29(38-19(5)33)28(37-18(4)32)26(40-30)16-36-17(3)31/h6-7,10-15,26-30,34-35H,1-2,8-9,16H2,3-5H3/t26-,27-,28-,29-,30-/m1/s1. The lowest BCUT2D eigenvalue weighted by atomic mass is 9.96. The van der Waals surface area contributed by atoms with Crippen LogP contribution in [0.15, 0.2) is 61.7 Å². The lowest BCUT2D eigenvalue weighted by molar-refractivity contribution is -0.285. The molecule has 2 aromatic rings. The molecule has 2 N–H and O–H groups in total. The van der Waals surface area contributed by atoms with Gasteiger partial charge in [0, 0.05) is 31.9 Å². The third kappa shape index (κ3) is 7.71. The van der Waals surface area contributed by atoms with Gasteiger partial charge in [-0.25, -0.2) is 0 Å². The molecule has 0 saturated carbocycles. The summed E-state index contributed by atoms with van der Waals surface area (Å²) in [5.74, 6) is -1.85. The van der Waals surface area contributed by atoms with Crippen LogP contribution in [0.2, 0.25) is 0 Å². The second-order valence-electron chi connectivity index (χ2n) is 9.27. The van der Waals surface area contributed by atoms with Crippen LogP contribution in [-0.4, -0.2) is 65.4 Å². The molecular weight excluding hydrogens is 520 g/mol. The SMILES string of the molecule is C=CCc1ccc(O)c(-c2cc(CC=C)ccc2O[C@@H]2O[C@H](COC(C)=O)[C@@H](OC(C)=O)[C@H](OC(C)=O)[C@H]2O)c1. The number of hydrogen-bond acceptors (Lipinski definition) is 10. The highest BCUT2D eigenvalue weighted by atomic mass is 16.7. The molecule has 0 spiro atoms. The zero-order valence-corrected chi connectivity index (χ0v) is 22.7. The van der Waals surface area contributed by atoms with Gasteiger partial charge >= 0.3 is 17.9 Å². The predicted molar refractivity (Wildman–Crippen MR) is 144 cm³/mol. The third-order valence-corrected chi connectivity index (χ3v) is 6.07. The predicted octanol–water partition coefficient (Wildman–Crippen LogP) is 3.41. The minimum Gasteiger partial charge on any atom is -0.507 e. The second-order valence-corrected chi connectivity index (χ2v) is 9.27. The fourth-order valence-electron chi connectivity index (χ4n) is 4.39. The van der Waals surface area contributed by atoms with E-state index in [1.54, 1.807) is 42.5 Å². The Bertz CT molecular complexity index is 1250. The van der Waals surface area contributed by atoms with E-state index in [1.807, 2.05) is 6.07 Å². The first-order chi connectivity index (χ1) is 19.0. The molecule has 0 aliphatic carbocycles. The van der Waals surface area contributed by atoms with Gasteiger partial charge in [0.2, 0.25) is 6.29 Å². The molecule has 40 heavy (non-hydrogen) atoms. The van der Waals surface area contributed by atoms with Crippen molar-refractivity contribution < 1.29 is 48.3 Å². The van der Waals surface area contributed by atoms with Crippen molar-refractivity contribution >= 4 is 17.9 Å². The number of aliphatic hydroxyl groups excluding tert-OH is 1. The van der Waals surface area contributed by atoms with E-state index in [9.17, 15) is 24.6 Å². The largest absolute Gasteiger partial charge is 0.507 e. The molecule has 10 nitrogen and oxygen atoms in total. The highest BCUT2D eigenvalue weighted by molar-refractivity contribution is 5.77. The van der Waals surface area contributed by atoms with Crippen molar-refractivity contribution in [1.82, 2.24) is 0 Å². The quantitative estimate of drug-likeness (QED) is 0.241. The zero-order valence-electron chi connectivity index (χ0n) is 22.7. The highest BCUT2D eigenvalue weighted by Crippen LogP contribution is 2.39. The van der Waals surface area contributed by atoms with Gasteiger partial charge in [0.25, 0.3) is 0 Å². The van der Waals surface area contributed by atoms with Crippen molar-refractivity contribution in [2.24, 2.45) is 0 Å². The number of aromatic hydroxyl groups is 1. The topological polar surface area (TPSA) is 138 Å². The number of benzene rings is 2. The molecule has 0 amide bonds. The van der Waals surface area contributed by atoms with E-state index in [-0.39, 0.29) is 18.1 Å². The van der Waals surface area contributed by atoms with Crippen molar-refractivity contribution in [2.75, 3.05) is 6.61 Å². The first-order valence-corrected chi connectivity index (χ1v) is 12.7. The Balaban J connectivity index is 2.06. The summed E-state index contributed by atoms with van der Waals surface area (Å²) in [5.41, 5.74) is 2.76. The summed E-state index contributed by atoms with van der Waals surface area (Å²) in [6.45, 7) is 10.7. The molecule has 0 unspecified atom stereocenters. The molecule has 1 aliphatic rings. The lowest BCUT2D eigenvalue weighted by Crippen LogP contribution is -2.62. The smallest absolute Gasteiger partial charge is 0.303 e. The van der Waals surface area contributed by atoms with Crippen molar-refractivity contribution in [1.29, 1.82) is 0 Å². The molecule has 0 aromatic heterocycles. The van der Waals surface area contributed by atoms with Gasteiger partial charge < -0.3 is 33.9 Å². The summed E-state index contributed by atoms with van der Waals surface area (Å²) >= 11 is 0. The maximum absolute atomic E-state index is 11.9. The minimum atomic E-state index is -1.61. The Morgan fingerprint density at radius 1 is 0.875 bits per heavy atom. The molecule has 1 aliphatic heterocycles. The molecular formula is C30H34O10. The normalized spacial score (nSPS) is 22.1. The molecule has 0 radical (unpaired) electrons. The van der Waals surface area contributed by atoms with E-state index >= 15 is 0 Å².